The molecule has 0 aromatic carbocycles. The Morgan fingerprint density at radius 1 is 0.955 bits per heavy atom. The molecule has 1 atom stereocenters. The summed E-state index contributed by atoms with van der Waals surface area (Å²) in [6, 6.07) is 0. The Hall–Kier alpha value is 0.0700. The fourth-order valence-corrected chi connectivity index (χ4v) is 2.23. The van der Waals surface area contributed by atoms with E-state index in [1.165, 1.54) is 38.8 Å². The summed E-state index contributed by atoms with van der Waals surface area (Å²) in [6.45, 7) is 11.1. The number of unbranched alkanes of at least 4 members (excludes halogenated alkanes) is 3. The molecular weight excluding hydrogens is 301 g/mol. The number of rotatable bonds is 13. The van der Waals surface area contributed by atoms with Crippen LogP contribution >= 0.6 is 7.82 Å². The van der Waals surface area contributed by atoms with Crippen molar-refractivity contribution >= 4 is 7.82 Å². The summed E-state index contributed by atoms with van der Waals surface area (Å²) in [6.07, 6.45) is 9.33. The van der Waals surface area contributed by atoms with Crippen molar-refractivity contribution in [2.75, 3.05) is 19.7 Å². The minimum absolute atomic E-state index is 0.167. The normalized spacial score (nSPS) is 12.6. The zero-order valence-corrected chi connectivity index (χ0v) is 15.9. The molecule has 0 rings (SSSR count). The molecule has 3 N–H and O–H groups in total. The Balaban J connectivity index is 0. The lowest BCUT2D eigenvalue weighted by atomic mass is 10.0. The predicted molar refractivity (Wildman–Crippen MR) is 94.0 cm³/mol. The van der Waals surface area contributed by atoms with Gasteiger partial charge in [-0.1, -0.05) is 59.8 Å². The molecule has 1 unspecified atom stereocenters. The number of phosphoric ester groups is 1. The highest BCUT2D eigenvalue weighted by atomic mass is 31.2. The van der Waals surface area contributed by atoms with Gasteiger partial charge in [-0.2, -0.15) is 0 Å². The highest BCUT2D eigenvalue weighted by molar-refractivity contribution is 7.46. The molecule has 0 aliphatic carbocycles. The molecule has 0 heterocycles. The van der Waals surface area contributed by atoms with E-state index in [2.05, 4.69) is 30.6 Å². The van der Waals surface area contributed by atoms with Crippen molar-refractivity contribution in [2.24, 2.45) is 5.92 Å². The van der Waals surface area contributed by atoms with Crippen LogP contribution in [-0.4, -0.2) is 29.5 Å². The summed E-state index contributed by atoms with van der Waals surface area (Å²) >= 11 is 0. The third-order valence-corrected chi connectivity index (χ3v) is 3.92. The van der Waals surface area contributed by atoms with E-state index < -0.39 is 7.82 Å². The maximum atomic E-state index is 10.4. The summed E-state index contributed by atoms with van der Waals surface area (Å²) < 4.78 is 14.8. The van der Waals surface area contributed by atoms with Crippen molar-refractivity contribution < 1.29 is 18.9 Å². The van der Waals surface area contributed by atoms with E-state index in [4.69, 9.17) is 9.79 Å². The maximum absolute atomic E-state index is 10.4. The van der Waals surface area contributed by atoms with E-state index >= 15 is 0 Å². The van der Waals surface area contributed by atoms with Crippen LogP contribution in [0.4, 0.5) is 0 Å². The second kappa shape index (κ2) is 17.4. The fraction of sp³-hybridized carbons (Fsp3) is 1.00. The highest BCUT2D eigenvalue weighted by Gasteiger charge is 2.16. The molecule has 0 aliphatic rings. The van der Waals surface area contributed by atoms with Gasteiger partial charge in [-0.25, -0.2) is 4.57 Å². The molecule has 0 aromatic heterocycles. The van der Waals surface area contributed by atoms with Crippen LogP contribution in [0.1, 0.15) is 79.1 Å². The zero-order valence-electron chi connectivity index (χ0n) is 15.0. The first-order chi connectivity index (χ1) is 10.4. The van der Waals surface area contributed by atoms with Crippen LogP contribution in [0.3, 0.4) is 0 Å². The van der Waals surface area contributed by atoms with Crippen LogP contribution in [-0.2, 0) is 9.09 Å². The van der Waals surface area contributed by atoms with Gasteiger partial charge in [0.15, 0.2) is 0 Å². The van der Waals surface area contributed by atoms with E-state index in [1.807, 2.05) is 6.92 Å². The van der Waals surface area contributed by atoms with Gasteiger partial charge in [0.05, 0.1) is 6.61 Å². The van der Waals surface area contributed by atoms with Gasteiger partial charge in [0.25, 0.3) is 0 Å². The summed E-state index contributed by atoms with van der Waals surface area (Å²) in [4.78, 5) is 17.0. The largest absolute Gasteiger partial charge is 0.469 e. The lowest BCUT2D eigenvalue weighted by Crippen LogP contribution is -2.15. The number of hydrogen-bond acceptors (Lipinski definition) is 3. The number of phosphoric acid groups is 1. The maximum Gasteiger partial charge on any atom is 0.469 e. The average Bonchev–Trinajstić information content (AvgIpc) is 2.47. The number of nitrogens with one attached hydrogen (secondary N) is 1. The summed E-state index contributed by atoms with van der Waals surface area (Å²) in [5, 5.41) is 3.39. The molecule has 0 aliphatic heterocycles. The van der Waals surface area contributed by atoms with Crippen LogP contribution in [0.2, 0.25) is 0 Å². The summed E-state index contributed by atoms with van der Waals surface area (Å²) in [7, 11) is -4.26. The van der Waals surface area contributed by atoms with Crippen LogP contribution in [0.5, 0.6) is 0 Å². The predicted octanol–water partition coefficient (Wildman–Crippen LogP) is 4.49. The molecule has 0 aromatic rings. The molecule has 0 spiro atoms. The van der Waals surface area contributed by atoms with Crippen molar-refractivity contribution in [3.8, 4) is 0 Å². The molecule has 0 amide bonds. The van der Waals surface area contributed by atoms with E-state index in [0.29, 0.717) is 0 Å². The summed E-state index contributed by atoms with van der Waals surface area (Å²) in [5.41, 5.74) is 0. The van der Waals surface area contributed by atoms with Gasteiger partial charge in [0.2, 0.25) is 0 Å². The van der Waals surface area contributed by atoms with Crippen molar-refractivity contribution in [2.45, 2.75) is 79.1 Å². The fourth-order valence-electron chi connectivity index (χ4n) is 1.83. The van der Waals surface area contributed by atoms with Gasteiger partial charge in [0.1, 0.15) is 0 Å². The Labute approximate surface area is 137 Å². The molecule has 0 fully saturated rings. The van der Waals surface area contributed by atoms with Crippen molar-refractivity contribution in [1.82, 2.24) is 5.32 Å². The molecule has 6 heteroatoms. The molecule has 5 nitrogen and oxygen atoms in total. The highest BCUT2D eigenvalue weighted by Crippen LogP contribution is 2.36. The van der Waals surface area contributed by atoms with Crippen LogP contribution in [0.25, 0.3) is 0 Å². The Morgan fingerprint density at radius 2 is 1.45 bits per heavy atom. The first-order valence-corrected chi connectivity index (χ1v) is 10.3. The van der Waals surface area contributed by atoms with E-state index in [-0.39, 0.29) is 12.5 Å². The molecule has 22 heavy (non-hydrogen) atoms. The van der Waals surface area contributed by atoms with Gasteiger partial charge in [-0.05, 0) is 38.3 Å². The van der Waals surface area contributed by atoms with Gasteiger partial charge in [-0.3, -0.25) is 4.52 Å². The number of hydrogen-bond donors (Lipinski definition) is 3. The molecule has 136 valence electrons. The van der Waals surface area contributed by atoms with Crippen LogP contribution in [0, 0.1) is 5.92 Å². The molecule has 0 bridgehead atoms. The Kier molecular flexibility index (Phi) is 19.3. The van der Waals surface area contributed by atoms with E-state index in [9.17, 15) is 4.57 Å². The van der Waals surface area contributed by atoms with Gasteiger partial charge in [-0.15, -0.1) is 0 Å². The molecule has 0 saturated carbocycles. The first kappa shape index (κ1) is 24.3. The van der Waals surface area contributed by atoms with Crippen LogP contribution < -0.4 is 5.32 Å². The monoisotopic (exact) mass is 339 g/mol. The van der Waals surface area contributed by atoms with E-state index in [1.54, 1.807) is 0 Å². The molecular formula is C16H38NO4P. The third kappa shape index (κ3) is 22.4. The second-order valence-corrected chi connectivity index (χ2v) is 6.90. The van der Waals surface area contributed by atoms with Crippen molar-refractivity contribution in [3.63, 3.8) is 0 Å². The summed E-state index contributed by atoms with van der Waals surface area (Å²) in [5.74, 6) is 0.271. The second-order valence-electron chi connectivity index (χ2n) is 5.66. The van der Waals surface area contributed by atoms with E-state index in [0.717, 1.165) is 25.7 Å². The third-order valence-electron chi connectivity index (χ3n) is 3.44. The van der Waals surface area contributed by atoms with Gasteiger partial charge < -0.3 is 15.1 Å². The minimum atomic E-state index is -4.26. The topological polar surface area (TPSA) is 78.8 Å². The SMILES string of the molecule is CCCCC(CC)COP(=O)(O)O.CCCCNCCCC. The van der Waals surface area contributed by atoms with Gasteiger partial charge in [0, 0.05) is 0 Å². The quantitative estimate of drug-likeness (QED) is 0.340. The minimum Gasteiger partial charge on any atom is -0.317 e. The standard InChI is InChI=1S/C8H19N.C8H19O4P/c1-3-5-7-9-8-6-4-2;1-3-5-6-8(4-2)7-12-13(9,10)11/h9H,3-8H2,1-2H3;8H,3-7H2,1-2H3,(H2,9,10,11). The zero-order chi connectivity index (χ0) is 17.3. The smallest absolute Gasteiger partial charge is 0.317 e. The Morgan fingerprint density at radius 3 is 1.82 bits per heavy atom. The first-order valence-electron chi connectivity index (χ1n) is 8.81. The Bertz CT molecular complexity index is 253. The lowest BCUT2D eigenvalue weighted by Gasteiger charge is -2.14. The van der Waals surface area contributed by atoms with Crippen LogP contribution in [0.15, 0.2) is 0 Å². The lowest BCUT2D eigenvalue weighted by molar-refractivity contribution is 0.161. The van der Waals surface area contributed by atoms with Crippen molar-refractivity contribution in [1.29, 1.82) is 0 Å². The van der Waals surface area contributed by atoms with Gasteiger partial charge >= 0.3 is 7.82 Å². The molecule has 0 saturated heterocycles. The average molecular weight is 339 g/mol. The van der Waals surface area contributed by atoms with Crippen molar-refractivity contribution in [3.05, 3.63) is 0 Å². The molecule has 0 radical (unpaired) electrons.